The second kappa shape index (κ2) is 9.70. The van der Waals surface area contributed by atoms with Crippen molar-refractivity contribution in [3.63, 3.8) is 0 Å². The van der Waals surface area contributed by atoms with Crippen LogP contribution in [-0.2, 0) is 12.0 Å². The Morgan fingerprint density at radius 2 is 1.64 bits per heavy atom. The number of rotatable bonds is 6. The zero-order valence-electron chi connectivity index (χ0n) is 20.7. The van der Waals surface area contributed by atoms with Gasteiger partial charge in [-0.1, -0.05) is 51.1 Å². The maximum atomic E-state index is 13.5. The summed E-state index contributed by atoms with van der Waals surface area (Å²) in [5.41, 5.74) is 1.74. The number of ether oxygens (including phenoxy) is 1. The molecule has 1 aromatic heterocycles. The van der Waals surface area contributed by atoms with Crippen LogP contribution in [0, 0.1) is 0 Å². The molecule has 4 rings (SSSR count). The van der Waals surface area contributed by atoms with Gasteiger partial charge in [0.25, 0.3) is 5.91 Å². The molecule has 0 aliphatic rings. The molecule has 1 amide bonds. The van der Waals surface area contributed by atoms with Gasteiger partial charge >= 0.3 is 5.97 Å². The van der Waals surface area contributed by atoms with E-state index >= 15 is 0 Å². The van der Waals surface area contributed by atoms with Gasteiger partial charge in [-0.3, -0.25) is 9.59 Å². The molecule has 184 valence electrons. The van der Waals surface area contributed by atoms with E-state index in [1.54, 1.807) is 54.6 Å². The van der Waals surface area contributed by atoms with Crippen LogP contribution in [0.1, 0.15) is 52.7 Å². The van der Waals surface area contributed by atoms with Crippen LogP contribution in [0.25, 0.3) is 16.6 Å². The Morgan fingerprint density at radius 3 is 2.22 bits per heavy atom. The molecule has 7 heteroatoms. The van der Waals surface area contributed by atoms with Crippen LogP contribution in [0.3, 0.4) is 0 Å². The molecule has 3 aromatic carbocycles. The van der Waals surface area contributed by atoms with Gasteiger partial charge in [0, 0.05) is 29.2 Å². The summed E-state index contributed by atoms with van der Waals surface area (Å²) in [5, 5.41) is 13.3. The van der Waals surface area contributed by atoms with Crippen molar-refractivity contribution in [2.45, 2.75) is 32.7 Å². The average Bonchev–Trinajstić information content (AvgIpc) is 2.87. The zero-order valence-corrected chi connectivity index (χ0v) is 20.7. The quantitative estimate of drug-likeness (QED) is 0.405. The SMILES string of the molecule is COc1ccc2c(=O)c(CNC(=O)c3ccc(C(C)(C)C)cc3)c(C(=O)O)n(-c3ccccc3)c2c1. The Balaban J connectivity index is 1.82. The van der Waals surface area contributed by atoms with E-state index in [2.05, 4.69) is 26.1 Å². The molecule has 0 aliphatic carbocycles. The Bertz CT molecular complexity index is 1500. The fourth-order valence-corrected chi connectivity index (χ4v) is 4.17. The number of nitrogens with zero attached hydrogens (tertiary/aromatic N) is 1. The molecular weight excluding hydrogens is 456 g/mol. The number of hydrogen-bond donors (Lipinski definition) is 2. The second-order valence-corrected chi connectivity index (χ2v) is 9.53. The number of nitrogens with one attached hydrogen (secondary N) is 1. The van der Waals surface area contributed by atoms with Gasteiger partial charge in [-0.15, -0.1) is 0 Å². The summed E-state index contributed by atoms with van der Waals surface area (Å²) >= 11 is 0. The van der Waals surface area contributed by atoms with Crippen molar-refractivity contribution in [2.75, 3.05) is 7.11 Å². The number of benzene rings is 3. The minimum atomic E-state index is -1.28. The van der Waals surface area contributed by atoms with Gasteiger partial charge in [-0.25, -0.2) is 4.79 Å². The standard InChI is InChI=1S/C29H28N2O5/c1-29(2,3)19-12-10-18(11-13-19)27(33)30-17-23-25(28(34)35)31(20-8-6-5-7-9-20)24-16-21(36-4)14-15-22(24)26(23)32/h5-16H,17H2,1-4H3,(H,30,33)(H,34,35). The molecule has 0 atom stereocenters. The Kier molecular flexibility index (Phi) is 6.66. The van der Waals surface area contributed by atoms with Crippen molar-refractivity contribution in [3.05, 3.63) is 105 Å². The number of methoxy groups -OCH3 is 1. The molecule has 0 bridgehead atoms. The van der Waals surface area contributed by atoms with Crippen LogP contribution in [0.2, 0.25) is 0 Å². The molecule has 0 radical (unpaired) electrons. The molecule has 2 N–H and O–H groups in total. The number of amides is 1. The number of fused-ring (bicyclic) bond motifs is 1. The van der Waals surface area contributed by atoms with Gasteiger partial charge < -0.3 is 19.7 Å². The van der Waals surface area contributed by atoms with Gasteiger partial charge in [0.2, 0.25) is 0 Å². The monoisotopic (exact) mass is 484 g/mol. The van der Waals surface area contributed by atoms with Crippen LogP contribution in [0.15, 0.2) is 77.6 Å². The van der Waals surface area contributed by atoms with E-state index in [9.17, 15) is 19.5 Å². The molecule has 0 aliphatic heterocycles. The van der Waals surface area contributed by atoms with Gasteiger partial charge in [0.1, 0.15) is 11.4 Å². The van der Waals surface area contributed by atoms with Crippen molar-refractivity contribution in [3.8, 4) is 11.4 Å². The molecule has 0 saturated heterocycles. The Morgan fingerprint density at radius 1 is 0.972 bits per heavy atom. The van der Waals surface area contributed by atoms with Gasteiger partial charge in [-0.05, 0) is 47.4 Å². The third kappa shape index (κ3) is 4.73. The van der Waals surface area contributed by atoms with E-state index in [1.807, 2.05) is 18.2 Å². The van der Waals surface area contributed by atoms with E-state index in [0.717, 1.165) is 5.56 Å². The van der Waals surface area contributed by atoms with Crippen LogP contribution in [0.4, 0.5) is 0 Å². The van der Waals surface area contributed by atoms with E-state index in [-0.39, 0.29) is 23.2 Å². The van der Waals surface area contributed by atoms with Crippen molar-refractivity contribution in [2.24, 2.45) is 0 Å². The molecule has 4 aromatic rings. The first-order valence-electron chi connectivity index (χ1n) is 11.5. The molecule has 36 heavy (non-hydrogen) atoms. The minimum Gasteiger partial charge on any atom is -0.497 e. The van der Waals surface area contributed by atoms with Crippen molar-refractivity contribution >= 4 is 22.8 Å². The molecule has 1 heterocycles. The van der Waals surface area contributed by atoms with Crippen LogP contribution >= 0.6 is 0 Å². The van der Waals surface area contributed by atoms with Crippen LogP contribution < -0.4 is 15.5 Å². The number of para-hydroxylation sites is 1. The first-order chi connectivity index (χ1) is 17.1. The number of aromatic nitrogens is 1. The van der Waals surface area contributed by atoms with Gasteiger partial charge in [-0.2, -0.15) is 0 Å². The van der Waals surface area contributed by atoms with E-state index in [0.29, 0.717) is 27.9 Å². The van der Waals surface area contributed by atoms with Crippen LogP contribution in [0.5, 0.6) is 5.75 Å². The highest BCUT2D eigenvalue weighted by Crippen LogP contribution is 2.26. The fraction of sp³-hybridized carbons (Fsp3) is 0.207. The number of carbonyl (C=O) groups is 2. The number of hydrogen-bond acceptors (Lipinski definition) is 4. The lowest BCUT2D eigenvalue weighted by atomic mass is 9.87. The first-order valence-corrected chi connectivity index (χ1v) is 11.5. The summed E-state index contributed by atoms with van der Waals surface area (Å²) in [4.78, 5) is 38.9. The number of aromatic carboxylic acids is 1. The summed E-state index contributed by atoms with van der Waals surface area (Å²) in [6, 6.07) is 21.0. The summed E-state index contributed by atoms with van der Waals surface area (Å²) in [6.45, 7) is 6.02. The predicted octanol–water partition coefficient (Wildman–Crippen LogP) is 4.93. The first kappa shape index (κ1) is 24.7. The van der Waals surface area contributed by atoms with Crippen molar-refractivity contribution < 1.29 is 19.4 Å². The molecular formula is C29H28N2O5. The maximum Gasteiger partial charge on any atom is 0.353 e. The molecule has 0 spiro atoms. The smallest absolute Gasteiger partial charge is 0.353 e. The average molecular weight is 485 g/mol. The van der Waals surface area contributed by atoms with E-state index in [4.69, 9.17) is 4.74 Å². The zero-order chi connectivity index (χ0) is 26.0. The lowest BCUT2D eigenvalue weighted by Gasteiger charge is -2.20. The van der Waals surface area contributed by atoms with Gasteiger partial charge in [0.05, 0.1) is 18.2 Å². The fourth-order valence-electron chi connectivity index (χ4n) is 4.17. The highest BCUT2D eigenvalue weighted by atomic mass is 16.5. The van der Waals surface area contributed by atoms with Crippen LogP contribution in [-0.4, -0.2) is 28.7 Å². The third-order valence-corrected chi connectivity index (χ3v) is 6.13. The molecule has 0 unspecified atom stereocenters. The molecule has 7 nitrogen and oxygen atoms in total. The van der Waals surface area contributed by atoms with Crippen molar-refractivity contribution in [1.29, 1.82) is 0 Å². The highest BCUT2D eigenvalue weighted by Gasteiger charge is 2.24. The van der Waals surface area contributed by atoms with E-state index in [1.165, 1.54) is 11.7 Å². The number of pyridine rings is 1. The number of carboxylic acid groups (broad SMARTS) is 1. The topological polar surface area (TPSA) is 97.6 Å². The second-order valence-electron chi connectivity index (χ2n) is 9.53. The van der Waals surface area contributed by atoms with E-state index < -0.39 is 17.3 Å². The summed E-state index contributed by atoms with van der Waals surface area (Å²) in [7, 11) is 1.50. The van der Waals surface area contributed by atoms with Crippen molar-refractivity contribution in [1.82, 2.24) is 9.88 Å². The van der Waals surface area contributed by atoms with Gasteiger partial charge in [0.15, 0.2) is 5.43 Å². The third-order valence-electron chi connectivity index (χ3n) is 6.13. The summed E-state index contributed by atoms with van der Waals surface area (Å²) < 4.78 is 6.84. The lowest BCUT2D eigenvalue weighted by Crippen LogP contribution is -2.30. The summed E-state index contributed by atoms with van der Waals surface area (Å²) in [5.74, 6) is -1.19. The highest BCUT2D eigenvalue weighted by molar-refractivity contribution is 5.96. The Hall–Kier alpha value is -4.39. The largest absolute Gasteiger partial charge is 0.497 e. The minimum absolute atomic E-state index is 0.0105. The molecule has 0 fully saturated rings. The lowest BCUT2D eigenvalue weighted by molar-refractivity contribution is 0.0685. The summed E-state index contributed by atoms with van der Waals surface area (Å²) in [6.07, 6.45) is 0. The normalized spacial score (nSPS) is 11.3. The number of carbonyl (C=O) groups excluding carboxylic acids is 1. The Labute approximate surface area is 209 Å². The maximum absolute atomic E-state index is 13.5. The molecule has 0 saturated carbocycles. The number of carboxylic acids is 1. The predicted molar refractivity (Wildman–Crippen MR) is 139 cm³/mol.